The molecule has 4 rings (SSSR count). The maximum Gasteiger partial charge on any atom is 0.418 e. The van der Waals surface area contributed by atoms with Gasteiger partial charge in [0, 0.05) is 30.3 Å². The molecule has 0 aliphatic rings. The lowest BCUT2D eigenvalue weighted by Crippen LogP contribution is -2.13. The van der Waals surface area contributed by atoms with Gasteiger partial charge in [-0.2, -0.15) is 13.2 Å². The van der Waals surface area contributed by atoms with Crippen LogP contribution in [0, 0.1) is 0 Å². The number of hydrogen-bond acceptors (Lipinski definition) is 8. The van der Waals surface area contributed by atoms with Crippen LogP contribution in [0.15, 0.2) is 49.2 Å². The summed E-state index contributed by atoms with van der Waals surface area (Å²) in [6, 6.07) is 5.53. The SMILES string of the molecule is CC(CC(=O)c1cc(-c2ccc(Cl)nc2)ncn1)c1ncc(C(=O)Nc2cc(C(F)(F)F)c(Cl)cn2)s1. The summed E-state index contributed by atoms with van der Waals surface area (Å²) in [7, 11) is 0. The Balaban J connectivity index is 1.43. The minimum absolute atomic E-state index is 0.0532. The molecule has 0 aliphatic carbocycles. The number of hydrogen-bond donors (Lipinski definition) is 1. The van der Waals surface area contributed by atoms with Crippen LogP contribution in [0.5, 0.6) is 0 Å². The van der Waals surface area contributed by atoms with Crippen molar-refractivity contribution in [3.05, 3.63) is 80.5 Å². The molecule has 1 atom stereocenters. The fourth-order valence-electron chi connectivity index (χ4n) is 3.19. The third-order valence-electron chi connectivity index (χ3n) is 5.04. The highest BCUT2D eigenvalue weighted by Gasteiger charge is 2.34. The third kappa shape index (κ3) is 6.45. The molecule has 1 amide bonds. The van der Waals surface area contributed by atoms with Crippen molar-refractivity contribution in [2.45, 2.75) is 25.4 Å². The summed E-state index contributed by atoms with van der Waals surface area (Å²) < 4.78 is 39.2. The standard InChI is InChI=1S/C23H15Cl2F3N6O2S/c1-11(4-17(35)16-6-15(32-10-33-16)12-2-3-19(25)29-7-12)22-31-9-18(37-22)21(36)34-20-5-13(23(26,27)28)14(24)8-30-20/h2-3,5-11H,4H2,1H3,(H,30,34,36). The van der Waals surface area contributed by atoms with Gasteiger partial charge in [0.2, 0.25) is 0 Å². The Morgan fingerprint density at radius 1 is 1.03 bits per heavy atom. The van der Waals surface area contributed by atoms with Gasteiger partial charge in [0.15, 0.2) is 5.78 Å². The number of ketones is 1. The number of nitrogens with zero attached hydrogens (tertiary/aromatic N) is 5. The van der Waals surface area contributed by atoms with Crippen LogP contribution in [0.3, 0.4) is 0 Å². The van der Waals surface area contributed by atoms with Gasteiger partial charge in [-0.15, -0.1) is 11.3 Å². The number of anilines is 1. The van der Waals surface area contributed by atoms with E-state index in [0.717, 1.165) is 17.5 Å². The largest absolute Gasteiger partial charge is 0.418 e. The van der Waals surface area contributed by atoms with Gasteiger partial charge in [-0.3, -0.25) is 9.59 Å². The zero-order chi connectivity index (χ0) is 26.7. The van der Waals surface area contributed by atoms with Crippen LogP contribution in [0.2, 0.25) is 10.2 Å². The zero-order valence-electron chi connectivity index (χ0n) is 18.8. The third-order valence-corrected chi connectivity index (χ3v) is 6.79. The second-order valence-corrected chi connectivity index (χ2v) is 9.61. The first-order valence-corrected chi connectivity index (χ1v) is 12.1. The molecule has 0 saturated carbocycles. The van der Waals surface area contributed by atoms with Gasteiger partial charge < -0.3 is 5.32 Å². The summed E-state index contributed by atoms with van der Waals surface area (Å²) in [6.45, 7) is 1.76. The van der Waals surface area contributed by atoms with E-state index >= 15 is 0 Å². The van der Waals surface area contributed by atoms with E-state index in [1.54, 1.807) is 25.1 Å². The van der Waals surface area contributed by atoms with Crippen LogP contribution < -0.4 is 5.32 Å². The maximum atomic E-state index is 13.1. The van der Waals surface area contributed by atoms with E-state index in [1.807, 2.05) is 0 Å². The van der Waals surface area contributed by atoms with Crippen LogP contribution >= 0.6 is 34.5 Å². The van der Waals surface area contributed by atoms with E-state index < -0.39 is 22.7 Å². The number of carbonyl (C=O) groups excluding carboxylic acids is 2. The molecule has 4 aromatic heterocycles. The van der Waals surface area contributed by atoms with Crippen molar-refractivity contribution in [2.24, 2.45) is 0 Å². The number of Topliss-reactive ketones (excluding diaryl/α,β-unsaturated/α-hetero) is 1. The second-order valence-electron chi connectivity index (χ2n) is 7.75. The van der Waals surface area contributed by atoms with E-state index in [0.29, 0.717) is 27.5 Å². The van der Waals surface area contributed by atoms with E-state index in [2.05, 4.69) is 30.2 Å². The van der Waals surface area contributed by atoms with Gasteiger partial charge in [0.25, 0.3) is 5.91 Å². The van der Waals surface area contributed by atoms with E-state index in [1.165, 1.54) is 18.7 Å². The molecule has 4 heterocycles. The van der Waals surface area contributed by atoms with Crippen molar-refractivity contribution in [1.82, 2.24) is 24.9 Å². The minimum Gasteiger partial charge on any atom is -0.306 e. The van der Waals surface area contributed by atoms with Crippen molar-refractivity contribution < 1.29 is 22.8 Å². The second kappa shape index (κ2) is 10.9. The predicted molar refractivity (Wildman–Crippen MR) is 132 cm³/mol. The first kappa shape index (κ1) is 26.6. The smallest absolute Gasteiger partial charge is 0.306 e. The topological polar surface area (TPSA) is 111 Å². The Bertz CT molecular complexity index is 1460. The average molecular weight is 567 g/mol. The fourth-order valence-corrected chi connectivity index (χ4v) is 4.37. The monoisotopic (exact) mass is 566 g/mol. The summed E-state index contributed by atoms with van der Waals surface area (Å²) in [4.78, 5) is 45.7. The van der Waals surface area contributed by atoms with Gasteiger partial charge in [-0.1, -0.05) is 30.1 Å². The van der Waals surface area contributed by atoms with Crippen LogP contribution in [0.1, 0.15) is 50.0 Å². The van der Waals surface area contributed by atoms with Gasteiger partial charge in [0.1, 0.15) is 27.9 Å². The lowest BCUT2D eigenvalue weighted by atomic mass is 10.0. The number of nitrogens with one attached hydrogen (secondary N) is 1. The summed E-state index contributed by atoms with van der Waals surface area (Å²) in [6.07, 6.45) is 0.268. The highest BCUT2D eigenvalue weighted by molar-refractivity contribution is 7.13. The van der Waals surface area contributed by atoms with Gasteiger partial charge >= 0.3 is 6.18 Å². The highest BCUT2D eigenvalue weighted by Crippen LogP contribution is 2.35. The fraction of sp³-hybridized carbons (Fsp3) is 0.174. The molecule has 190 valence electrons. The number of halogens is 5. The number of alkyl halides is 3. The lowest BCUT2D eigenvalue weighted by molar-refractivity contribution is -0.137. The molecule has 0 bridgehead atoms. The molecule has 0 spiro atoms. The summed E-state index contributed by atoms with van der Waals surface area (Å²) in [5.41, 5.74) is 0.266. The van der Waals surface area contributed by atoms with Crippen LogP contribution in [0.4, 0.5) is 19.0 Å². The molecule has 0 radical (unpaired) electrons. The average Bonchev–Trinajstić information content (AvgIpc) is 3.36. The van der Waals surface area contributed by atoms with E-state index in [-0.39, 0.29) is 34.5 Å². The number of rotatable bonds is 7. The lowest BCUT2D eigenvalue weighted by Gasteiger charge is -2.10. The first-order valence-electron chi connectivity index (χ1n) is 10.5. The molecule has 4 aromatic rings. The molecule has 0 fully saturated rings. The van der Waals surface area contributed by atoms with Crippen molar-refractivity contribution in [1.29, 1.82) is 0 Å². The van der Waals surface area contributed by atoms with Crippen molar-refractivity contribution in [3.8, 4) is 11.3 Å². The Hall–Kier alpha value is -3.48. The van der Waals surface area contributed by atoms with E-state index in [9.17, 15) is 22.8 Å². The Morgan fingerprint density at radius 2 is 1.81 bits per heavy atom. The quantitative estimate of drug-likeness (QED) is 0.205. The van der Waals surface area contributed by atoms with Crippen molar-refractivity contribution >= 4 is 52.0 Å². The Morgan fingerprint density at radius 3 is 2.51 bits per heavy atom. The molecule has 0 saturated heterocycles. The number of aromatic nitrogens is 5. The summed E-state index contributed by atoms with van der Waals surface area (Å²) >= 11 is 12.4. The maximum absolute atomic E-state index is 13.1. The molecule has 1 N–H and O–H groups in total. The normalized spacial score (nSPS) is 12.3. The van der Waals surface area contributed by atoms with Gasteiger partial charge in [-0.25, -0.2) is 24.9 Å². The molecule has 0 aliphatic heterocycles. The summed E-state index contributed by atoms with van der Waals surface area (Å²) in [5.74, 6) is -1.62. The van der Waals surface area contributed by atoms with E-state index in [4.69, 9.17) is 23.2 Å². The van der Waals surface area contributed by atoms with Crippen LogP contribution in [0.25, 0.3) is 11.3 Å². The van der Waals surface area contributed by atoms with Crippen LogP contribution in [-0.4, -0.2) is 36.6 Å². The molecule has 0 aromatic carbocycles. The predicted octanol–water partition coefficient (Wildman–Crippen LogP) is 6.34. The number of amides is 1. The molecular weight excluding hydrogens is 552 g/mol. The van der Waals surface area contributed by atoms with Crippen molar-refractivity contribution in [3.63, 3.8) is 0 Å². The molecular formula is C23H15Cl2F3N6O2S. The van der Waals surface area contributed by atoms with Crippen molar-refractivity contribution in [2.75, 3.05) is 5.32 Å². The Labute approximate surface area is 222 Å². The van der Waals surface area contributed by atoms with Gasteiger partial charge in [-0.05, 0) is 24.3 Å². The molecule has 37 heavy (non-hydrogen) atoms. The number of carbonyl (C=O) groups is 2. The Kier molecular flexibility index (Phi) is 7.81. The number of thiazole rings is 1. The van der Waals surface area contributed by atoms with Gasteiger partial charge in [0.05, 0.1) is 27.5 Å². The molecule has 8 nitrogen and oxygen atoms in total. The highest BCUT2D eigenvalue weighted by atomic mass is 35.5. The minimum atomic E-state index is -4.70. The molecule has 1 unspecified atom stereocenters. The molecule has 14 heteroatoms. The van der Waals surface area contributed by atoms with Crippen LogP contribution in [-0.2, 0) is 6.18 Å². The zero-order valence-corrected chi connectivity index (χ0v) is 21.1. The number of pyridine rings is 2. The summed E-state index contributed by atoms with van der Waals surface area (Å²) in [5, 5.41) is 2.55. The first-order chi connectivity index (χ1) is 17.5.